The van der Waals surface area contributed by atoms with Gasteiger partial charge in [-0.3, -0.25) is 4.79 Å². The molecule has 2 saturated carbocycles. The van der Waals surface area contributed by atoms with Crippen molar-refractivity contribution >= 4 is 22.5 Å². The Bertz CT molecular complexity index is 928. The number of benzene rings is 1. The minimum atomic E-state index is -0.148. The van der Waals surface area contributed by atoms with Gasteiger partial charge in [-0.1, -0.05) is 26.8 Å². The van der Waals surface area contributed by atoms with E-state index in [1.54, 1.807) is 13.2 Å². The Balaban J connectivity index is 1.62. The molecule has 0 saturated heterocycles. The second kappa shape index (κ2) is 7.60. The molecule has 2 fully saturated rings. The average Bonchev–Trinajstić information content (AvgIpc) is 3.42. The van der Waals surface area contributed by atoms with E-state index in [9.17, 15) is 4.79 Å². The number of carbonyl (C=O) groups is 1. The number of carbonyl (C=O) groups excluding carboxylic acids is 1. The summed E-state index contributed by atoms with van der Waals surface area (Å²) in [4.78, 5) is 17.6. The van der Waals surface area contributed by atoms with Crippen LogP contribution in [0.4, 0.5) is 5.69 Å². The number of anilines is 1. The topological polar surface area (TPSA) is 77.2 Å². The smallest absolute Gasteiger partial charge is 0.269 e. The molecular weight excluding hydrogens is 362 g/mol. The number of methoxy groups -OCH3 is 1. The molecule has 2 aromatic rings. The third-order valence-electron chi connectivity index (χ3n) is 6.43. The summed E-state index contributed by atoms with van der Waals surface area (Å²) in [7, 11) is 1.76. The molecule has 4 rings (SSSR count). The molecule has 0 unspecified atom stereocenters. The minimum absolute atomic E-state index is 0.0727. The normalized spacial score (nSPS) is 22.2. The predicted molar refractivity (Wildman–Crippen MR) is 117 cm³/mol. The lowest BCUT2D eigenvalue weighted by molar-refractivity contribution is 0.0929. The molecule has 2 aliphatic rings. The second-order valence-corrected chi connectivity index (χ2v) is 9.83. The molecule has 1 amide bonds. The van der Waals surface area contributed by atoms with E-state index in [0.29, 0.717) is 35.9 Å². The summed E-state index contributed by atoms with van der Waals surface area (Å²) in [5.41, 5.74) is 10.7. The highest BCUT2D eigenvalue weighted by molar-refractivity contribution is 6.00. The molecule has 0 radical (unpaired) electrons. The molecule has 1 aromatic carbocycles. The third kappa shape index (κ3) is 4.25. The minimum Gasteiger partial charge on any atom is -0.398 e. The van der Waals surface area contributed by atoms with Gasteiger partial charge in [0.2, 0.25) is 0 Å². The summed E-state index contributed by atoms with van der Waals surface area (Å²) in [6.07, 6.45) is 5.96. The van der Waals surface area contributed by atoms with Gasteiger partial charge in [0.05, 0.1) is 11.6 Å². The van der Waals surface area contributed by atoms with E-state index in [4.69, 9.17) is 15.5 Å². The van der Waals surface area contributed by atoms with Crippen LogP contribution in [-0.4, -0.2) is 30.6 Å². The van der Waals surface area contributed by atoms with Crippen molar-refractivity contribution in [2.75, 3.05) is 19.4 Å². The van der Waals surface area contributed by atoms with Gasteiger partial charge in [0.25, 0.3) is 5.91 Å². The summed E-state index contributed by atoms with van der Waals surface area (Å²) in [6, 6.07) is 6.18. The van der Waals surface area contributed by atoms with Gasteiger partial charge in [-0.2, -0.15) is 0 Å². The number of aromatic nitrogens is 1. The number of hydrogen-bond donors (Lipinski definition) is 2. The fraction of sp³-hybridized carbons (Fsp3) is 0.583. The summed E-state index contributed by atoms with van der Waals surface area (Å²) in [5, 5.41) is 4.03. The zero-order valence-electron chi connectivity index (χ0n) is 18.0. The van der Waals surface area contributed by atoms with Gasteiger partial charge in [0, 0.05) is 24.7 Å². The molecule has 156 valence electrons. The van der Waals surface area contributed by atoms with Crippen molar-refractivity contribution in [1.29, 1.82) is 0 Å². The number of rotatable bonds is 5. The van der Waals surface area contributed by atoms with E-state index in [1.807, 2.05) is 0 Å². The Morgan fingerprint density at radius 1 is 1.21 bits per heavy atom. The summed E-state index contributed by atoms with van der Waals surface area (Å²) in [6.45, 7) is 7.23. The molecule has 2 atom stereocenters. The molecule has 1 aromatic heterocycles. The maximum absolute atomic E-state index is 12.8. The number of pyridine rings is 1. The maximum Gasteiger partial charge on any atom is 0.269 e. The van der Waals surface area contributed by atoms with Crippen LogP contribution < -0.4 is 11.1 Å². The summed E-state index contributed by atoms with van der Waals surface area (Å²) in [5.74, 6) is 0.962. The number of ether oxygens (including phenoxy) is 1. The first-order valence-electron chi connectivity index (χ1n) is 10.8. The first-order valence-corrected chi connectivity index (χ1v) is 10.8. The van der Waals surface area contributed by atoms with E-state index >= 15 is 0 Å². The van der Waals surface area contributed by atoms with Crippen LogP contribution in [0.25, 0.3) is 10.9 Å². The van der Waals surface area contributed by atoms with Crippen LogP contribution in [0.5, 0.6) is 0 Å². The summed E-state index contributed by atoms with van der Waals surface area (Å²) >= 11 is 0. The average molecular weight is 396 g/mol. The van der Waals surface area contributed by atoms with Crippen molar-refractivity contribution in [3.8, 4) is 0 Å². The first kappa shape index (κ1) is 20.1. The molecule has 0 aliphatic heterocycles. The standard InChI is InChI=1S/C24H33N3O2/c1-24(2,3)19-11-16(15-6-7-15)10-18-20(25)12-21(27-22(18)19)23(28)26-13-14-5-8-17(9-14)29-4/h10-12,14-15,17H,5-9,13H2,1-4H3,(H2,25,27)(H,26,28)/t14-,17+/m1/s1. The quantitative estimate of drug-likeness (QED) is 0.779. The molecular formula is C24H33N3O2. The fourth-order valence-electron chi connectivity index (χ4n) is 4.47. The summed E-state index contributed by atoms with van der Waals surface area (Å²) < 4.78 is 5.43. The largest absolute Gasteiger partial charge is 0.398 e. The molecule has 1 heterocycles. The number of nitrogens with zero attached hydrogens (tertiary/aromatic N) is 1. The molecule has 5 nitrogen and oxygen atoms in total. The molecule has 0 spiro atoms. The Hall–Kier alpha value is -2.14. The van der Waals surface area contributed by atoms with Crippen LogP contribution in [0.3, 0.4) is 0 Å². The van der Waals surface area contributed by atoms with Crippen molar-refractivity contribution in [2.45, 2.75) is 70.3 Å². The van der Waals surface area contributed by atoms with Crippen LogP contribution in [0.1, 0.15) is 80.4 Å². The maximum atomic E-state index is 12.8. The van der Waals surface area contributed by atoms with Crippen molar-refractivity contribution in [2.24, 2.45) is 5.92 Å². The second-order valence-electron chi connectivity index (χ2n) is 9.83. The monoisotopic (exact) mass is 395 g/mol. The fourth-order valence-corrected chi connectivity index (χ4v) is 4.47. The van der Waals surface area contributed by atoms with Crippen LogP contribution in [0.2, 0.25) is 0 Å². The van der Waals surface area contributed by atoms with E-state index < -0.39 is 0 Å². The number of hydrogen-bond acceptors (Lipinski definition) is 4. The number of nitrogen functional groups attached to an aromatic ring is 1. The van der Waals surface area contributed by atoms with Crippen molar-refractivity contribution in [1.82, 2.24) is 10.3 Å². The lowest BCUT2D eigenvalue weighted by Crippen LogP contribution is -2.29. The van der Waals surface area contributed by atoms with Gasteiger partial charge < -0.3 is 15.8 Å². The highest BCUT2D eigenvalue weighted by Gasteiger charge is 2.29. The number of fused-ring (bicyclic) bond motifs is 1. The van der Waals surface area contributed by atoms with E-state index in [1.165, 1.54) is 18.4 Å². The van der Waals surface area contributed by atoms with Gasteiger partial charge in [-0.15, -0.1) is 0 Å². The molecule has 29 heavy (non-hydrogen) atoms. The van der Waals surface area contributed by atoms with Gasteiger partial charge in [0.15, 0.2) is 0 Å². The van der Waals surface area contributed by atoms with Crippen molar-refractivity contribution in [3.63, 3.8) is 0 Å². The van der Waals surface area contributed by atoms with E-state index in [0.717, 1.165) is 35.7 Å². The van der Waals surface area contributed by atoms with Gasteiger partial charge >= 0.3 is 0 Å². The van der Waals surface area contributed by atoms with Crippen molar-refractivity contribution in [3.05, 3.63) is 35.0 Å². The molecule has 5 heteroatoms. The Kier molecular flexibility index (Phi) is 5.28. The molecule has 2 aliphatic carbocycles. The van der Waals surface area contributed by atoms with Crippen LogP contribution in [0.15, 0.2) is 18.2 Å². The number of amides is 1. The van der Waals surface area contributed by atoms with Gasteiger partial charge in [-0.25, -0.2) is 4.98 Å². The lowest BCUT2D eigenvalue weighted by Gasteiger charge is -2.23. The Labute approximate surface area is 173 Å². The highest BCUT2D eigenvalue weighted by atomic mass is 16.5. The van der Waals surface area contributed by atoms with Crippen LogP contribution in [0, 0.1) is 5.92 Å². The third-order valence-corrected chi connectivity index (χ3v) is 6.43. The van der Waals surface area contributed by atoms with Gasteiger partial charge in [0.1, 0.15) is 5.69 Å². The molecule has 3 N–H and O–H groups in total. The zero-order valence-corrected chi connectivity index (χ0v) is 18.0. The predicted octanol–water partition coefficient (Wildman–Crippen LogP) is 4.54. The Morgan fingerprint density at radius 3 is 2.59 bits per heavy atom. The SMILES string of the molecule is CO[C@H]1CC[C@@H](CNC(=O)c2cc(N)c3cc(C4CC4)cc(C(C)(C)C)c3n2)C1. The highest BCUT2D eigenvalue weighted by Crippen LogP contribution is 2.44. The Morgan fingerprint density at radius 2 is 1.97 bits per heavy atom. The van der Waals surface area contributed by atoms with Crippen LogP contribution in [-0.2, 0) is 10.2 Å². The van der Waals surface area contributed by atoms with E-state index in [2.05, 4.69) is 38.2 Å². The van der Waals surface area contributed by atoms with E-state index in [-0.39, 0.29) is 11.3 Å². The van der Waals surface area contributed by atoms with Crippen molar-refractivity contribution < 1.29 is 9.53 Å². The van der Waals surface area contributed by atoms with Gasteiger partial charge in [-0.05, 0) is 72.6 Å². The zero-order chi connectivity index (χ0) is 20.8. The molecule has 0 bridgehead atoms. The number of nitrogens with one attached hydrogen (secondary N) is 1. The number of nitrogens with two attached hydrogens (primary N) is 1. The first-order chi connectivity index (χ1) is 13.8. The van der Waals surface area contributed by atoms with Crippen LogP contribution >= 0.6 is 0 Å². The lowest BCUT2D eigenvalue weighted by atomic mass is 9.83.